The van der Waals surface area contributed by atoms with Crippen LogP contribution in [-0.2, 0) is 10.2 Å². The maximum absolute atomic E-state index is 13.9. The Morgan fingerprint density at radius 2 is 2.27 bits per heavy atom. The van der Waals surface area contributed by atoms with Crippen LogP contribution in [0.1, 0.15) is 63.0 Å². The third-order valence-corrected chi connectivity index (χ3v) is 4.70. The van der Waals surface area contributed by atoms with Gasteiger partial charge in [0.15, 0.2) is 0 Å². The average Bonchev–Trinajstić information content (AvgIpc) is 3.32. The van der Waals surface area contributed by atoms with Crippen LogP contribution in [0.4, 0.5) is 0 Å². The molecule has 0 spiro atoms. The highest BCUT2D eigenvalue weighted by Gasteiger charge is 2.63. The molecule has 0 bridgehead atoms. The van der Waals surface area contributed by atoms with E-state index in [2.05, 4.69) is 0 Å². The number of nitrogens with two attached hydrogens (primary N) is 1. The number of carbonyl (C=O) groups excluding carboxylic acids is 1. The van der Waals surface area contributed by atoms with Gasteiger partial charge in [-0.15, -0.1) is 0 Å². The monoisotopic (exact) mass is 311 g/mol. The summed E-state index contributed by atoms with van der Waals surface area (Å²) < 4.78 is 71.1. The second-order valence-corrected chi connectivity index (χ2v) is 6.28. The minimum Gasteiger partial charge on any atom is -0.340 e. The highest BCUT2D eigenvalue weighted by atomic mass is 16.2. The smallest absolute Gasteiger partial charge is 0.233 e. The van der Waals surface area contributed by atoms with Crippen molar-refractivity contribution in [1.29, 1.82) is 0 Å². The Morgan fingerprint density at radius 3 is 2.77 bits per heavy atom. The van der Waals surface area contributed by atoms with E-state index in [4.69, 9.17) is 18.1 Å². The first-order chi connectivity index (χ1) is 13.7. The number of likely N-dealkylation sites (N-methyl/N-ethyl adjacent to an activating group) is 1. The summed E-state index contributed by atoms with van der Waals surface area (Å²) in [7, 11) is 0. The lowest BCUT2D eigenvalue weighted by molar-refractivity contribution is -0.136. The van der Waals surface area contributed by atoms with Crippen molar-refractivity contribution in [1.82, 2.24) is 4.90 Å². The van der Waals surface area contributed by atoms with Gasteiger partial charge in [0, 0.05) is 29.5 Å². The van der Waals surface area contributed by atoms with Crippen LogP contribution in [0.3, 0.4) is 0 Å². The minimum absolute atomic E-state index is 0.109. The molecule has 0 saturated heterocycles. The Labute approximate surface area is 147 Å². The third kappa shape index (κ3) is 2.67. The average molecular weight is 312 g/mol. The summed E-state index contributed by atoms with van der Waals surface area (Å²) in [5, 5.41) is 0. The molecule has 1 saturated carbocycles. The molecule has 4 atom stereocenters. The van der Waals surface area contributed by atoms with Crippen LogP contribution < -0.4 is 5.73 Å². The van der Waals surface area contributed by atoms with Gasteiger partial charge < -0.3 is 10.6 Å². The Morgan fingerprint density at radius 1 is 1.55 bits per heavy atom. The van der Waals surface area contributed by atoms with Crippen molar-refractivity contribution in [2.75, 3.05) is 6.50 Å². The molecule has 1 amide bonds. The summed E-state index contributed by atoms with van der Waals surface area (Å²) in [6.07, 6.45) is 0.205. The molecule has 0 aromatic heterocycles. The predicted octanol–water partition coefficient (Wildman–Crippen LogP) is 3.17. The number of benzene rings is 1. The van der Waals surface area contributed by atoms with Crippen molar-refractivity contribution >= 4 is 5.91 Å². The zero-order valence-electron chi connectivity index (χ0n) is 22.5. The van der Waals surface area contributed by atoms with Gasteiger partial charge in [0.1, 0.15) is 0 Å². The molecule has 2 rings (SSSR count). The Hall–Kier alpha value is -1.35. The lowest BCUT2D eigenvalue weighted by atomic mass is 9.87. The Kier molecular flexibility index (Phi) is 2.33. The highest BCUT2D eigenvalue weighted by molar-refractivity contribution is 5.92. The van der Waals surface area contributed by atoms with Crippen LogP contribution in [0, 0.1) is 19.8 Å². The number of carbonyl (C=O) groups is 1. The molecule has 3 nitrogen and oxygen atoms in total. The molecule has 1 aliphatic carbocycles. The summed E-state index contributed by atoms with van der Waals surface area (Å²) in [6.45, 7) is -3.67. The fraction of sp³-hybridized carbons (Fsp3) is 0.632. The van der Waals surface area contributed by atoms with E-state index in [1.165, 1.54) is 0 Å². The molecule has 2 unspecified atom stereocenters. The van der Waals surface area contributed by atoms with Crippen LogP contribution in [0.15, 0.2) is 18.2 Å². The molecular formula is C19H30N2O. The van der Waals surface area contributed by atoms with Gasteiger partial charge in [0.2, 0.25) is 5.91 Å². The van der Waals surface area contributed by atoms with Gasteiger partial charge in [-0.2, -0.15) is 0 Å². The van der Waals surface area contributed by atoms with Gasteiger partial charge in [-0.1, -0.05) is 18.2 Å². The summed E-state index contributed by atoms with van der Waals surface area (Å²) in [6, 6.07) is 1.93. The second-order valence-electron chi connectivity index (χ2n) is 6.28. The topological polar surface area (TPSA) is 46.3 Å². The van der Waals surface area contributed by atoms with Gasteiger partial charge in [-0.3, -0.25) is 4.79 Å². The lowest BCUT2D eigenvalue weighted by Crippen LogP contribution is -2.45. The van der Waals surface area contributed by atoms with E-state index in [1.54, 1.807) is 25.1 Å². The third-order valence-electron chi connectivity index (χ3n) is 4.70. The standard InChI is InChI=1S/C19H30N2O/c1-7-21(12(2)3)18(22)19(11-17(19)15(6)20)16-9-8-13(4)14(5)10-16/h8-10,12,15,17H,7,11,20H2,1-6H3/t15?,17-,19+/m1/s1/i1D3,2D3,7D2,12D/t12?,15?,17-,19+. The van der Waals surface area contributed by atoms with Crippen molar-refractivity contribution in [3.63, 3.8) is 0 Å². The van der Waals surface area contributed by atoms with Crippen LogP contribution in [-0.4, -0.2) is 29.4 Å². The first-order valence-corrected chi connectivity index (χ1v) is 7.41. The number of hydrogen-bond donors (Lipinski definition) is 1. The van der Waals surface area contributed by atoms with Crippen LogP contribution in [0.25, 0.3) is 0 Å². The van der Waals surface area contributed by atoms with Crippen LogP contribution in [0.5, 0.6) is 0 Å². The molecule has 122 valence electrons. The Bertz CT molecular complexity index is 835. The summed E-state index contributed by atoms with van der Waals surface area (Å²) in [5.74, 6) is -1.50. The van der Waals surface area contributed by atoms with Crippen molar-refractivity contribution in [3.05, 3.63) is 34.9 Å². The van der Waals surface area contributed by atoms with Gasteiger partial charge in [-0.25, -0.2) is 0 Å². The number of rotatable bonds is 5. The van der Waals surface area contributed by atoms with Gasteiger partial charge in [0.25, 0.3) is 0 Å². The number of nitrogens with zero attached hydrogens (tertiary/aromatic N) is 1. The van der Waals surface area contributed by atoms with Crippen LogP contribution >= 0.6 is 0 Å². The molecule has 1 aromatic rings. The molecule has 0 radical (unpaired) electrons. The number of hydrogen-bond acceptors (Lipinski definition) is 2. The molecule has 3 heteroatoms. The first kappa shape index (κ1) is 8.49. The fourth-order valence-corrected chi connectivity index (χ4v) is 3.13. The van der Waals surface area contributed by atoms with E-state index >= 15 is 0 Å². The first-order valence-electron chi connectivity index (χ1n) is 11.9. The molecule has 1 fully saturated rings. The SMILES string of the molecule is [2H]C([2H])([2H])C([2H])([2H])N(C(=O)[C@]1(c2ccc(C)c(C)c2)C[C@@H]1C(C)N)C([2H])(C)C([2H])([2H])[2H]. The van der Waals surface area contributed by atoms with Gasteiger partial charge >= 0.3 is 0 Å². The maximum Gasteiger partial charge on any atom is 0.233 e. The summed E-state index contributed by atoms with van der Waals surface area (Å²) in [4.78, 5) is 14.0. The van der Waals surface area contributed by atoms with E-state index in [9.17, 15) is 4.79 Å². The van der Waals surface area contributed by atoms with Crippen molar-refractivity contribution < 1.29 is 17.1 Å². The summed E-state index contributed by atoms with van der Waals surface area (Å²) >= 11 is 0. The van der Waals surface area contributed by atoms with E-state index in [0.717, 1.165) is 18.1 Å². The van der Waals surface area contributed by atoms with Gasteiger partial charge in [-0.05, 0) is 70.4 Å². The second kappa shape index (κ2) is 6.04. The fourth-order valence-electron chi connectivity index (χ4n) is 3.13. The normalized spacial score (nSPS) is 35.7. The van der Waals surface area contributed by atoms with Crippen molar-refractivity contribution in [2.45, 2.75) is 65.3 Å². The molecule has 22 heavy (non-hydrogen) atoms. The van der Waals surface area contributed by atoms with Crippen molar-refractivity contribution in [3.8, 4) is 0 Å². The zero-order chi connectivity index (χ0) is 24.4. The molecule has 2 N–H and O–H groups in total. The zero-order valence-corrected chi connectivity index (χ0v) is 13.5. The highest BCUT2D eigenvalue weighted by Crippen LogP contribution is 2.57. The molecule has 1 aromatic carbocycles. The minimum atomic E-state index is -3.40. The van der Waals surface area contributed by atoms with E-state index in [1.807, 2.05) is 13.8 Å². The Balaban J connectivity index is 2.77. The van der Waals surface area contributed by atoms with E-state index in [-0.39, 0.29) is 11.3 Å². The van der Waals surface area contributed by atoms with Crippen molar-refractivity contribution in [2.24, 2.45) is 11.7 Å². The predicted molar refractivity (Wildman–Crippen MR) is 91.9 cm³/mol. The summed E-state index contributed by atoms with van der Waals surface area (Å²) in [5.41, 5.74) is 7.01. The maximum atomic E-state index is 13.9. The molecule has 0 aliphatic heterocycles. The number of aryl methyl sites for hydroxylation is 2. The van der Waals surface area contributed by atoms with E-state index < -0.39 is 49.5 Å². The van der Waals surface area contributed by atoms with E-state index in [0.29, 0.717) is 5.56 Å². The number of amides is 1. The quantitative estimate of drug-likeness (QED) is 0.908. The van der Waals surface area contributed by atoms with Crippen LogP contribution in [0.2, 0.25) is 0 Å². The lowest BCUT2D eigenvalue weighted by Gasteiger charge is -2.31. The van der Waals surface area contributed by atoms with Gasteiger partial charge in [0.05, 0.1) is 6.79 Å². The largest absolute Gasteiger partial charge is 0.340 e. The molecule has 0 heterocycles. The molecule has 1 aliphatic rings. The molecular weight excluding hydrogens is 272 g/mol.